The molecule has 0 aliphatic carbocycles. The van der Waals surface area contributed by atoms with Gasteiger partial charge in [0.25, 0.3) is 0 Å². The summed E-state index contributed by atoms with van der Waals surface area (Å²) in [5.41, 5.74) is 0.660. The second-order valence-corrected chi connectivity index (χ2v) is 13.4. The van der Waals surface area contributed by atoms with Crippen molar-refractivity contribution in [3.8, 4) is 0 Å². The summed E-state index contributed by atoms with van der Waals surface area (Å²) in [5.74, 6) is -1.80. The summed E-state index contributed by atoms with van der Waals surface area (Å²) in [5, 5.41) is 9.49. The summed E-state index contributed by atoms with van der Waals surface area (Å²) in [4.78, 5) is 46.4. The summed E-state index contributed by atoms with van der Waals surface area (Å²) in [6.07, 6.45) is 3.20. The van der Waals surface area contributed by atoms with Gasteiger partial charge < -0.3 is 20.9 Å². The van der Waals surface area contributed by atoms with Crippen molar-refractivity contribution in [3.63, 3.8) is 0 Å². The molecule has 3 heterocycles. The summed E-state index contributed by atoms with van der Waals surface area (Å²) in [6.45, 7) is 7.55. The molecule has 1 aromatic heterocycles. The van der Waals surface area contributed by atoms with Gasteiger partial charge in [-0.1, -0.05) is 26.8 Å². The quantitative estimate of drug-likeness (QED) is 0.463. The topological polar surface area (TPSA) is 141 Å². The summed E-state index contributed by atoms with van der Waals surface area (Å²) in [6, 6.07) is 6.48. The Hall–Kier alpha value is -3.09. The van der Waals surface area contributed by atoms with Gasteiger partial charge >= 0.3 is 0 Å². The summed E-state index contributed by atoms with van der Waals surface area (Å²) < 4.78 is 26.8. The third kappa shape index (κ3) is 5.78. The standard InChI is InChI=1S/C27H38N6O5S/c1-16(28-5)24(34)31-23(27(2,3)4)26(36)32-14-12-21-22(32)18(15-33(21)39(6,37)38)25(35)30-20-11-7-10-19-17(20)9-8-13-29-19/h7-11,13,16,18,21-23,28H,12,14-15H2,1-6H3,(H,30,35)(H,31,34)/t16-,18-,21+,22?,23+/m0/s1. The van der Waals surface area contributed by atoms with Crippen LogP contribution in [0.2, 0.25) is 0 Å². The fraction of sp³-hybridized carbons (Fsp3) is 0.556. The Morgan fingerprint density at radius 1 is 1.13 bits per heavy atom. The van der Waals surface area contributed by atoms with E-state index < -0.39 is 45.5 Å². The fourth-order valence-electron chi connectivity index (χ4n) is 5.56. The van der Waals surface area contributed by atoms with Gasteiger partial charge in [-0.15, -0.1) is 0 Å². The molecule has 39 heavy (non-hydrogen) atoms. The number of hydrogen-bond donors (Lipinski definition) is 3. The number of anilines is 1. The van der Waals surface area contributed by atoms with E-state index in [0.29, 0.717) is 12.1 Å². The Morgan fingerprint density at radius 3 is 2.49 bits per heavy atom. The molecule has 2 saturated heterocycles. The first-order valence-corrected chi connectivity index (χ1v) is 15.0. The first-order valence-electron chi connectivity index (χ1n) is 13.1. The van der Waals surface area contributed by atoms with E-state index in [0.717, 1.165) is 17.2 Å². The number of nitrogens with zero attached hydrogens (tertiary/aromatic N) is 3. The molecule has 2 aromatic rings. The lowest BCUT2D eigenvalue weighted by molar-refractivity contribution is -0.141. The smallest absolute Gasteiger partial charge is 0.246 e. The van der Waals surface area contributed by atoms with Crippen LogP contribution < -0.4 is 16.0 Å². The first kappa shape index (κ1) is 28.9. The highest BCUT2D eigenvalue weighted by Gasteiger charge is 2.56. The van der Waals surface area contributed by atoms with Gasteiger partial charge in [-0.3, -0.25) is 19.4 Å². The highest BCUT2D eigenvalue weighted by atomic mass is 32.2. The van der Waals surface area contributed by atoms with Crippen molar-refractivity contribution in [2.75, 3.05) is 31.7 Å². The number of amides is 3. The third-order valence-electron chi connectivity index (χ3n) is 7.75. The lowest BCUT2D eigenvalue weighted by Gasteiger charge is -2.37. The zero-order chi connectivity index (χ0) is 28.7. The third-order valence-corrected chi connectivity index (χ3v) is 9.03. The van der Waals surface area contributed by atoms with Crippen molar-refractivity contribution in [2.45, 2.75) is 58.3 Å². The van der Waals surface area contributed by atoms with E-state index >= 15 is 0 Å². The average molecular weight is 559 g/mol. The molecule has 12 heteroatoms. The molecule has 0 bridgehead atoms. The minimum absolute atomic E-state index is 0.0316. The zero-order valence-electron chi connectivity index (χ0n) is 23.3. The maximum Gasteiger partial charge on any atom is 0.246 e. The molecule has 0 spiro atoms. The zero-order valence-corrected chi connectivity index (χ0v) is 24.1. The highest BCUT2D eigenvalue weighted by Crippen LogP contribution is 2.39. The molecular weight excluding hydrogens is 520 g/mol. The second kappa shape index (κ2) is 10.8. The molecule has 2 fully saturated rings. The number of hydrogen-bond acceptors (Lipinski definition) is 7. The van der Waals surface area contributed by atoms with Gasteiger partial charge in [0.15, 0.2) is 0 Å². The lowest BCUT2D eigenvalue weighted by atomic mass is 9.85. The number of carbonyl (C=O) groups is 3. The molecular formula is C27H38N6O5S. The number of likely N-dealkylation sites (tertiary alicyclic amines) is 1. The van der Waals surface area contributed by atoms with Crippen LogP contribution in [0, 0.1) is 11.3 Å². The van der Waals surface area contributed by atoms with Crippen molar-refractivity contribution in [2.24, 2.45) is 11.3 Å². The van der Waals surface area contributed by atoms with Crippen LogP contribution in [0.4, 0.5) is 5.69 Å². The Bertz CT molecular complexity index is 1370. The van der Waals surface area contributed by atoms with Crippen molar-refractivity contribution < 1.29 is 22.8 Å². The monoisotopic (exact) mass is 558 g/mol. The van der Waals surface area contributed by atoms with Crippen LogP contribution in [-0.2, 0) is 24.4 Å². The van der Waals surface area contributed by atoms with Gasteiger partial charge in [-0.2, -0.15) is 4.31 Å². The molecule has 0 saturated carbocycles. The number of rotatable bonds is 7. The predicted molar refractivity (Wildman–Crippen MR) is 149 cm³/mol. The Kier molecular flexibility index (Phi) is 8.02. The number of fused-ring (bicyclic) bond motifs is 2. The van der Waals surface area contributed by atoms with Gasteiger partial charge in [0.05, 0.1) is 35.5 Å². The second-order valence-electron chi connectivity index (χ2n) is 11.5. The predicted octanol–water partition coefficient (Wildman–Crippen LogP) is 1.17. The Morgan fingerprint density at radius 2 is 1.85 bits per heavy atom. The molecule has 4 rings (SSSR count). The van der Waals surface area contributed by atoms with Crippen LogP contribution in [0.25, 0.3) is 10.9 Å². The number of carbonyl (C=O) groups excluding carboxylic acids is 3. The number of sulfonamides is 1. The van der Waals surface area contributed by atoms with E-state index in [9.17, 15) is 22.8 Å². The largest absolute Gasteiger partial charge is 0.342 e. The van der Waals surface area contributed by atoms with Crippen LogP contribution in [-0.4, -0.2) is 90.9 Å². The van der Waals surface area contributed by atoms with E-state index in [1.807, 2.05) is 32.9 Å². The summed E-state index contributed by atoms with van der Waals surface area (Å²) >= 11 is 0. The highest BCUT2D eigenvalue weighted by molar-refractivity contribution is 7.88. The maximum absolute atomic E-state index is 14.0. The van der Waals surface area contributed by atoms with Crippen molar-refractivity contribution in [1.29, 1.82) is 0 Å². The maximum atomic E-state index is 14.0. The van der Waals surface area contributed by atoms with Crippen LogP contribution in [0.3, 0.4) is 0 Å². The number of likely N-dealkylation sites (N-methyl/N-ethyl adjacent to an activating group) is 1. The number of benzene rings is 1. The molecule has 5 atom stereocenters. The Balaban J connectivity index is 1.66. The van der Waals surface area contributed by atoms with E-state index in [2.05, 4.69) is 20.9 Å². The van der Waals surface area contributed by atoms with Gasteiger partial charge in [-0.05, 0) is 50.1 Å². The number of pyridine rings is 1. The van der Waals surface area contributed by atoms with E-state index in [1.165, 1.54) is 4.31 Å². The van der Waals surface area contributed by atoms with Gasteiger partial charge in [-0.25, -0.2) is 8.42 Å². The van der Waals surface area contributed by atoms with Crippen molar-refractivity contribution in [1.82, 2.24) is 24.8 Å². The molecule has 0 radical (unpaired) electrons. The average Bonchev–Trinajstić information content (AvgIpc) is 3.46. The molecule has 11 nitrogen and oxygen atoms in total. The lowest BCUT2D eigenvalue weighted by Crippen LogP contribution is -2.59. The molecule has 3 N–H and O–H groups in total. The molecule has 1 unspecified atom stereocenters. The van der Waals surface area contributed by atoms with E-state index in [1.54, 1.807) is 43.3 Å². The van der Waals surface area contributed by atoms with Crippen molar-refractivity contribution >= 4 is 44.3 Å². The van der Waals surface area contributed by atoms with Gasteiger partial charge in [0.1, 0.15) is 6.04 Å². The number of nitrogens with one attached hydrogen (secondary N) is 3. The number of aromatic nitrogens is 1. The molecule has 3 amide bonds. The van der Waals surface area contributed by atoms with Crippen LogP contribution in [0.1, 0.15) is 34.1 Å². The van der Waals surface area contributed by atoms with E-state index in [4.69, 9.17) is 0 Å². The van der Waals surface area contributed by atoms with Crippen LogP contribution in [0.15, 0.2) is 36.5 Å². The first-order chi connectivity index (χ1) is 18.2. The normalized spacial score (nSPS) is 23.3. The Labute approximate surface area is 229 Å². The summed E-state index contributed by atoms with van der Waals surface area (Å²) in [7, 11) is -1.97. The molecule has 2 aliphatic rings. The van der Waals surface area contributed by atoms with Crippen LogP contribution >= 0.6 is 0 Å². The minimum Gasteiger partial charge on any atom is -0.342 e. The van der Waals surface area contributed by atoms with Crippen molar-refractivity contribution in [3.05, 3.63) is 36.5 Å². The van der Waals surface area contributed by atoms with Gasteiger partial charge in [0.2, 0.25) is 27.7 Å². The van der Waals surface area contributed by atoms with Gasteiger partial charge in [0, 0.05) is 30.7 Å². The molecule has 1 aromatic carbocycles. The fourth-order valence-corrected chi connectivity index (χ4v) is 6.72. The SMILES string of the molecule is CN[C@@H](C)C(=O)N[C@H](C(=O)N1CC[C@@H]2C1[C@@H](C(=O)Nc1cccc3ncccc13)CN2S(C)(=O)=O)C(C)(C)C. The molecule has 212 valence electrons. The van der Waals surface area contributed by atoms with E-state index in [-0.39, 0.29) is 30.8 Å². The van der Waals surface area contributed by atoms with Crippen LogP contribution in [0.5, 0.6) is 0 Å². The minimum atomic E-state index is -3.63. The molecule has 2 aliphatic heterocycles.